The summed E-state index contributed by atoms with van der Waals surface area (Å²) in [6.45, 7) is 0.750. The predicted octanol–water partition coefficient (Wildman–Crippen LogP) is 3.74. The van der Waals surface area contributed by atoms with E-state index in [-0.39, 0.29) is 23.7 Å². The molecular weight excluding hydrogens is 464 g/mol. The van der Waals surface area contributed by atoms with Crippen LogP contribution >= 0.6 is 11.6 Å². The lowest BCUT2D eigenvalue weighted by Gasteiger charge is -2.08. The summed E-state index contributed by atoms with van der Waals surface area (Å²) in [6, 6.07) is 20.2. The number of hydrogen-bond acceptors (Lipinski definition) is 5. The molecule has 0 bridgehead atoms. The molecule has 0 aliphatic carbocycles. The molecule has 0 aliphatic heterocycles. The first-order chi connectivity index (χ1) is 17.0. The Labute approximate surface area is 205 Å². The summed E-state index contributed by atoms with van der Waals surface area (Å²) in [4.78, 5) is 33.0. The number of aromatic nitrogens is 5. The molecule has 5 rings (SSSR count). The van der Waals surface area contributed by atoms with Crippen LogP contribution in [0.1, 0.15) is 33.0 Å². The summed E-state index contributed by atoms with van der Waals surface area (Å²) < 4.78 is 1.66. The molecule has 9 heteroatoms. The van der Waals surface area contributed by atoms with Gasteiger partial charge in [-0.2, -0.15) is 5.10 Å². The van der Waals surface area contributed by atoms with E-state index in [4.69, 9.17) is 11.6 Å². The highest BCUT2D eigenvalue weighted by molar-refractivity contribution is 6.31. The number of benzene rings is 2. The molecule has 2 aromatic carbocycles. The molecule has 2 N–H and O–H groups in total. The van der Waals surface area contributed by atoms with E-state index in [0.29, 0.717) is 23.7 Å². The summed E-state index contributed by atoms with van der Waals surface area (Å²) in [5.74, 6) is -0.310. The molecule has 174 valence electrons. The Morgan fingerprint density at radius 2 is 1.83 bits per heavy atom. The average Bonchev–Trinajstić information content (AvgIpc) is 3.27. The Hall–Kier alpha value is -4.30. The summed E-state index contributed by atoms with van der Waals surface area (Å²) in [5.41, 5.74) is 4.60. The van der Waals surface area contributed by atoms with E-state index in [2.05, 4.69) is 25.5 Å². The van der Waals surface area contributed by atoms with Gasteiger partial charge >= 0.3 is 0 Å². The Morgan fingerprint density at radius 3 is 2.66 bits per heavy atom. The summed E-state index contributed by atoms with van der Waals surface area (Å²) in [5, 5.41) is 11.5. The first kappa shape index (κ1) is 22.5. The molecule has 3 heterocycles. The minimum absolute atomic E-state index is 0.0346. The Bertz CT molecular complexity index is 1560. The SMILES string of the molecule is O=C(NCc1n[nH]c2ccc(Cl)cc12)c1cc(Cc2ccc(Cn3ccccc3=O)cc2)ncn1. The van der Waals surface area contributed by atoms with E-state index in [1.165, 1.54) is 6.33 Å². The monoisotopic (exact) mass is 484 g/mol. The Kier molecular flexibility index (Phi) is 6.36. The number of carbonyl (C=O) groups excluding carboxylic acids is 1. The second-order valence-electron chi connectivity index (χ2n) is 8.10. The van der Waals surface area contributed by atoms with Gasteiger partial charge in [0.25, 0.3) is 11.5 Å². The van der Waals surface area contributed by atoms with E-state index in [0.717, 1.165) is 27.7 Å². The lowest BCUT2D eigenvalue weighted by atomic mass is 10.1. The van der Waals surface area contributed by atoms with Crippen LogP contribution in [0.5, 0.6) is 0 Å². The van der Waals surface area contributed by atoms with Crippen molar-refractivity contribution in [3.8, 4) is 0 Å². The molecule has 0 saturated heterocycles. The van der Waals surface area contributed by atoms with Gasteiger partial charge in [-0.1, -0.05) is 41.9 Å². The fourth-order valence-corrected chi connectivity index (χ4v) is 3.98. The van der Waals surface area contributed by atoms with Gasteiger partial charge in [0.2, 0.25) is 0 Å². The van der Waals surface area contributed by atoms with Gasteiger partial charge in [0.05, 0.1) is 24.3 Å². The third-order valence-corrected chi connectivity index (χ3v) is 5.87. The van der Waals surface area contributed by atoms with Crippen molar-refractivity contribution in [1.29, 1.82) is 0 Å². The van der Waals surface area contributed by atoms with E-state index in [9.17, 15) is 9.59 Å². The molecule has 0 aliphatic rings. The number of hydrogen-bond donors (Lipinski definition) is 2. The van der Waals surface area contributed by atoms with Crippen molar-refractivity contribution in [3.05, 3.63) is 123 Å². The zero-order chi connectivity index (χ0) is 24.2. The van der Waals surface area contributed by atoms with Crippen LogP contribution in [0.2, 0.25) is 5.02 Å². The lowest BCUT2D eigenvalue weighted by Crippen LogP contribution is -2.24. The number of nitrogens with one attached hydrogen (secondary N) is 2. The molecular formula is C26H21ClN6O2. The van der Waals surface area contributed by atoms with Crippen LogP contribution in [0.3, 0.4) is 0 Å². The fraction of sp³-hybridized carbons (Fsp3) is 0.115. The van der Waals surface area contributed by atoms with Crippen LogP contribution in [-0.4, -0.2) is 30.6 Å². The second kappa shape index (κ2) is 9.90. The number of halogens is 1. The molecule has 1 amide bonds. The van der Waals surface area contributed by atoms with Crippen molar-refractivity contribution in [2.75, 3.05) is 0 Å². The van der Waals surface area contributed by atoms with Gasteiger partial charge in [-0.25, -0.2) is 9.97 Å². The molecule has 35 heavy (non-hydrogen) atoms. The van der Waals surface area contributed by atoms with Crippen LogP contribution in [-0.2, 0) is 19.5 Å². The number of H-pyrrole nitrogens is 1. The smallest absolute Gasteiger partial charge is 0.270 e. The van der Waals surface area contributed by atoms with E-state index in [1.807, 2.05) is 42.5 Å². The number of carbonyl (C=O) groups is 1. The normalized spacial score (nSPS) is 11.0. The zero-order valence-electron chi connectivity index (χ0n) is 18.6. The molecule has 0 unspecified atom stereocenters. The number of fused-ring (bicyclic) bond motifs is 1. The quantitative estimate of drug-likeness (QED) is 0.366. The van der Waals surface area contributed by atoms with Crippen molar-refractivity contribution >= 4 is 28.4 Å². The van der Waals surface area contributed by atoms with Gasteiger partial charge < -0.3 is 9.88 Å². The highest BCUT2D eigenvalue weighted by Gasteiger charge is 2.12. The highest BCUT2D eigenvalue weighted by Crippen LogP contribution is 2.20. The highest BCUT2D eigenvalue weighted by atomic mass is 35.5. The predicted molar refractivity (Wildman–Crippen MR) is 133 cm³/mol. The maximum absolute atomic E-state index is 12.7. The third kappa shape index (κ3) is 5.28. The van der Waals surface area contributed by atoms with E-state index >= 15 is 0 Å². The van der Waals surface area contributed by atoms with Gasteiger partial charge in [-0.15, -0.1) is 0 Å². The number of amides is 1. The van der Waals surface area contributed by atoms with Gasteiger partial charge in [0, 0.05) is 34.8 Å². The zero-order valence-corrected chi connectivity index (χ0v) is 19.4. The minimum atomic E-state index is -0.310. The van der Waals surface area contributed by atoms with E-state index < -0.39 is 0 Å². The van der Waals surface area contributed by atoms with Crippen LogP contribution in [0.15, 0.2) is 84.0 Å². The largest absolute Gasteiger partial charge is 0.345 e. The molecule has 0 atom stereocenters. The first-order valence-electron chi connectivity index (χ1n) is 11.0. The average molecular weight is 485 g/mol. The minimum Gasteiger partial charge on any atom is -0.345 e. The number of nitrogens with zero attached hydrogens (tertiary/aromatic N) is 4. The molecule has 8 nitrogen and oxygen atoms in total. The maximum Gasteiger partial charge on any atom is 0.270 e. The number of pyridine rings is 1. The first-order valence-corrected chi connectivity index (χ1v) is 11.4. The molecule has 3 aromatic heterocycles. The standard InChI is InChI=1S/C26H21ClN6O2/c27-19-8-9-22-21(12-19)24(32-31-22)14-28-26(35)23-13-20(29-16-30-23)11-17-4-6-18(7-5-17)15-33-10-2-1-3-25(33)34/h1-10,12-13,16H,11,14-15H2,(H,28,35)(H,31,32). The molecule has 0 spiro atoms. The number of rotatable bonds is 7. The van der Waals surface area contributed by atoms with Gasteiger partial charge in [0.15, 0.2) is 0 Å². The fourth-order valence-electron chi connectivity index (χ4n) is 3.81. The van der Waals surface area contributed by atoms with Crippen molar-refractivity contribution < 1.29 is 4.79 Å². The Morgan fingerprint density at radius 1 is 1.00 bits per heavy atom. The van der Waals surface area contributed by atoms with Crippen LogP contribution in [0.25, 0.3) is 10.9 Å². The van der Waals surface area contributed by atoms with Crippen LogP contribution in [0.4, 0.5) is 0 Å². The summed E-state index contributed by atoms with van der Waals surface area (Å²) >= 11 is 6.08. The molecule has 0 fully saturated rings. The van der Waals surface area contributed by atoms with Crippen molar-refractivity contribution in [2.45, 2.75) is 19.5 Å². The van der Waals surface area contributed by atoms with Gasteiger partial charge in [-0.05, 0) is 41.5 Å². The third-order valence-electron chi connectivity index (χ3n) is 5.64. The molecule has 0 radical (unpaired) electrons. The van der Waals surface area contributed by atoms with E-state index in [1.54, 1.807) is 35.0 Å². The summed E-state index contributed by atoms with van der Waals surface area (Å²) in [7, 11) is 0. The van der Waals surface area contributed by atoms with Gasteiger partial charge in [-0.3, -0.25) is 14.7 Å². The molecule has 5 aromatic rings. The topological polar surface area (TPSA) is 106 Å². The second-order valence-corrected chi connectivity index (χ2v) is 8.53. The van der Waals surface area contributed by atoms with Crippen molar-refractivity contribution in [1.82, 2.24) is 30.0 Å². The van der Waals surface area contributed by atoms with Crippen LogP contribution < -0.4 is 10.9 Å². The van der Waals surface area contributed by atoms with Crippen molar-refractivity contribution in [2.24, 2.45) is 0 Å². The Balaban J connectivity index is 1.23. The van der Waals surface area contributed by atoms with Crippen molar-refractivity contribution in [3.63, 3.8) is 0 Å². The number of aromatic amines is 1. The van der Waals surface area contributed by atoms with Gasteiger partial charge in [0.1, 0.15) is 12.0 Å². The lowest BCUT2D eigenvalue weighted by molar-refractivity contribution is 0.0945. The maximum atomic E-state index is 12.7. The van der Waals surface area contributed by atoms with Crippen LogP contribution in [0, 0.1) is 0 Å². The summed E-state index contributed by atoms with van der Waals surface area (Å²) in [6.07, 6.45) is 3.72. The molecule has 0 saturated carbocycles.